The summed E-state index contributed by atoms with van der Waals surface area (Å²) < 4.78 is 0. The Labute approximate surface area is 121 Å². The summed E-state index contributed by atoms with van der Waals surface area (Å²) in [5, 5.41) is 3.81. The summed E-state index contributed by atoms with van der Waals surface area (Å²) in [7, 11) is 0. The minimum Gasteiger partial charge on any atom is -0.314 e. The van der Waals surface area contributed by atoms with Crippen LogP contribution in [0.3, 0.4) is 0 Å². The van der Waals surface area contributed by atoms with Gasteiger partial charge in [-0.15, -0.1) is 0 Å². The molecule has 0 spiro atoms. The number of unbranched alkanes of at least 4 members (excludes halogenated alkanes) is 5. The molecule has 0 aromatic carbocycles. The number of hydrogen-bond donors (Lipinski definition) is 1. The molecule has 2 atom stereocenters. The van der Waals surface area contributed by atoms with E-state index in [-0.39, 0.29) is 0 Å². The fourth-order valence-electron chi connectivity index (χ4n) is 3.41. The molecular weight excluding hydrogens is 230 g/mol. The van der Waals surface area contributed by atoms with E-state index >= 15 is 0 Å². The van der Waals surface area contributed by atoms with Crippen molar-refractivity contribution in [2.24, 2.45) is 11.8 Å². The quantitative estimate of drug-likeness (QED) is 0.427. The molecule has 1 rings (SSSR count). The van der Waals surface area contributed by atoms with Crippen LogP contribution in [0, 0.1) is 11.8 Å². The fraction of sp³-hybridized carbons (Fsp3) is 1.00. The molecule has 0 aliphatic heterocycles. The van der Waals surface area contributed by atoms with Gasteiger partial charge in [-0.1, -0.05) is 65.7 Å². The second kappa shape index (κ2) is 10.7. The summed E-state index contributed by atoms with van der Waals surface area (Å²) in [5.41, 5.74) is 0. The number of hydrogen-bond acceptors (Lipinski definition) is 1. The fourth-order valence-corrected chi connectivity index (χ4v) is 3.41. The lowest BCUT2D eigenvalue weighted by molar-refractivity contribution is 0.337. The third-order valence-corrected chi connectivity index (χ3v) is 4.92. The van der Waals surface area contributed by atoms with Crippen LogP contribution in [0.1, 0.15) is 91.4 Å². The van der Waals surface area contributed by atoms with Gasteiger partial charge in [0.05, 0.1) is 0 Å². The highest BCUT2D eigenvalue weighted by Gasteiger charge is 2.20. The second-order valence-corrected chi connectivity index (χ2v) is 6.93. The highest BCUT2D eigenvalue weighted by molar-refractivity contribution is 4.76. The van der Waals surface area contributed by atoms with Crippen molar-refractivity contribution in [3.8, 4) is 0 Å². The third kappa shape index (κ3) is 7.97. The maximum absolute atomic E-state index is 3.81. The van der Waals surface area contributed by atoms with Gasteiger partial charge in [-0.2, -0.15) is 0 Å². The Bertz CT molecular complexity index is 200. The van der Waals surface area contributed by atoms with Crippen molar-refractivity contribution in [1.29, 1.82) is 0 Å². The van der Waals surface area contributed by atoms with Gasteiger partial charge in [0.25, 0.3) is 0 Å². The second-order valence-electron chi connectivity index (χ2n) is 6.93. The van der Waals surface area contributed by atoms with Crippen LogP contribution >= 0.6 is 0 Å². The largest absolute Gasteiger partial charge is 0.314 e. The van der Waals surface area contributed by atoms with Gasteiger partial charge >= 0.3 is 0 Å². The van der Waals surface area contributed by atoms with Crippen molar-refractivity contribution in [3.05, 3.63) is 0 Å². The van der Waals surface area contributed by atoms with E-state index in [1.165, 1.54) is 77.2 Å². The van der Waals surface area contributed by atoms with Gasteiger partial charge in [-0.25, -0.2) is 0 Å². The minimum absolute atomic E-state index is 0.819. The molecule has 0 radical (unpaired) electrons. The smallest absolute Gasteiger partial charge is 0.00671 e. The first-order chi connectivity index (χ1) is 9.24. The molecule has 1 aliphatic rings. The first-order valence-corrected chi connectivity index (χ1v) is 8.97. The molecule has 1 nitrogen and oxygen atoms in total. The molecule has 1 saturated carbocycles. The Morgan fingerprint density at radius 3 is 2.37 bits per heavy atom. The SMILES string of the molecule is CCCCCCCCNC1CCCC(C(C)C)CC1. The van der Waals surface area contributed by atoms with Crippen LogP contribution in [0.25, 0.3) is 0 Å². The Morgan fingerprint density at radius 1 is 0.895 bits per heavy atom. The van der Waals surface area contributed by atoms with Crippen LogP contribution in [-0.4, -0.2) is 12.6 Å². The lowest BCUT2D eigenvalue weighted by Gasteiger charge is -2.19. The van der Waals surface area contributed by atoms with Gasteiger partial charge in [0.1, 0.15) is 0 Å². The molecule has 1 fully saturated rings. The monoisotopic (exact) mass is 267 g/mol. The molecule has 0 aromatic rings. The normalized spacial score (nSPS) is 24.6. The Balaban J connectivity index is 2.00. The van der Waals surface area contributed by atoms with Crippen molar-refractivity contribution < 1.29 is 0 Å². The van der Waals surface area contributed by atoms with E-state index in [0.29, 0.717) is 0 Å². The van der Waals surface area contributed by atoms with Crippen LogP contribution in [-0.2, 0) is 0 Å². The third-order valence-electron chi connectivity index (χ3n) is 4.92. The predicted molar refractivity (Wildman–Crippen MR) is 86.6 cm³/mol. The Hall–Kier alpha value is -0.0400. The molecule has 1 heteroatoms. The first-order valence-electron chi connectivity index (χ1n) is 8.97. The molecule has 114 valence electrons. The van der Waals surface area contributed by atoms with E-state index < -0.39 is 0 Å². The molecule has 0 heterocycles. The lowest BCUT2D eigenvalue weighted by Crippen LogP contribution is -2.29. The summed E-state index contributed by atoms with van der Waals surface area (Å²) in [5.74, 6) is 1.87. The standard InChI is InChI=1S/C18H37N/c1-4-5-6-7-8-9-15-19-18-12-10-11-17(13-14-18)16(2)3/h16-19H,4-15H2,1-3H3. The van der Waals surface area contributed by atoms with E-state index in [2.05, 4.69) is 26.1 Å². The van der Waals surface area contributed by atoms with Gasteiger partial charge < -0.3 is 5.32 Å². The molecule has 0 amide bonds. The van der Waals surface area contributed by atoms with Crippen molar-refractivity contribution in [2.45, 2.75) is 97.4 Å². The van der Waals surface area contributed by atoms with Gasteiger partial charge in [-0.3, -0.25) is 0 Å². The van der Waals surface area contributed by atoms with Gasteiger partial charge in [-0.05, 0) is 44.1 Å². The van der Waals surface area contributed by atoms with E-state index in [1.54, 1.807) is 0 Å². The molecule has 0 saturated heterocycles. The lowest BCUT2D eigenvalue weighted by atomic mass is 9.89. The summed E-state index contributed by atoms with van der Waals surface area (Å²) in [4.78, 5) is 0. The van der Waals surface area contributed by atoms with Crippen molar-refractivity contribution >= 4 is 0 Å². The van der Waals surface area contributed by atoms with Crippen LogP contribution < -0.4 is 5.32 Å². The summed E-state index contributed by atoms with van der Waals surface area (Å²) in [6.07, 6.45) is 15.7. The van der Waals surface area contributed by atoms with Crippen molar-refractivity contribution in [1.82, 2.24) is 5.32 Å². The average Bonchev–Trinajstić information content (AvgIpc) is 2.63. The molecule has 1 aliphatic carbocycles. The first kappa shape index (κ1) is 17.0. The maximum Gasteiger partial charge on any atom is 0.00671 e. The van der Waals surface area contributed by atoms with Crippen LogP contribution in [0.2, 0.25) is 0 Å². The molecule has 1 N–H and O–H groups in total. The number of nitrogens with one attached hydrogen (secondary N) is 1. The van der Waals surface area contributed by atoms with Gasteiger partial charge in [0.15, 0.2) is 0 Å². The van der Waals surface area contributed by atoms with Gasteiger partial charge in [0, 0.05) is 6.04 Å². The van der Waals surface area contributed by atoms with Gasteiger partial charge in [0.2, 0.25) is 0 Å². The van der Waals surface area contributed by atoms with E-state index in [0.717, 1.165) is 17.9 Å². The van der Waals surface area contributed by atoms with E-state index in [4.69, 9.17) is 0 Å². The maximum atomic E-state index is 3.81. The zero-order valence-corrected chi connectivity index (χ0v) is 13.7. The number of rotatable bonds is 9. The molecule has 2 unspecified atom stereocenters. The minimum atomic E-state index is 0.819. The van der Waals surface area contributed by atoms with Crippen molar-refractivity contribution in [3.63, 3.8) is 0 Å². The predicted octanol–water partition coefficient (Wildman–Crippen LogP) is 5.54. The molecule has 0 bridgehead atoms. The topological polar surface area (TPSA) is 12.0 Å². The summed E-state index contributed by atoms with van der Waals surface area (Å²) in [6.45, 7) is 8.34. The van der Waals surface area contributed by atoms with Crippen molar-refractivity contribution in [2.75, 3.05) is 6.54 Å². The zero-order valence-electron chi connectivity index (χ0n) is 13.7. The van der Waals surface area contributed by atoms with Crippen LogP contribution in [0.4, 0.5) is 0 Å². The van der Waals surface area contributed by atoms with Crippen LogP contribution in [0.5, 0.6) is 0 Å². The molecular formula is C18H37N. The highest BCUT2D eigenvalue weighted by atomic mass is 14.9. The summed E-state index contributed by atoms with van der Waals surface area (Å²) in [6, 6.07) is 0.819. The highest BCUT2D eigenvalue weighted by Crippen LogP contribution is 2.28. The Morgan fingerprint density at radius 2 is 1.63 bits per heavy atom. The van der Waals surface area contributed by atoms with Crippen LogP contribution in [0.15, 0.2) is 0 Å². The summed E-state index contributed by atoms with van der Waals surface area (Å²) >= 11 is 0. The molecule has 19 heavy (non-hydrogen) atoms. The van der Waals surface area contributed by atoms with E-state index in [9.17, 15) is 0 Å². The molecule has 0 aromatic heterocycles. The Kier molecular flexibility index (Phi) is 9.59. The zero-order chi connectivity index (χ0) is 13.9. The van der Waals surface area contributed by atoms with E-state index in [1.807, 2.05) is 0 Å². The average molecular weight is 268 g/mol.